The summed E-state index contributed by atoms with van der Waals surface area (Å²) in [6, 6.07) is 5.09. The molecule has 0 fully saturated rings. The van der Waals surface area contributed by atoms with E-state index in [0.29, 0.717) is 23.6 Å². The van der Waals surface area contributed by atoms with Gasteiger partial charge in [-0.3, -0.25) is 9.59 Å². The van der Waals surface area contributed by atoms with E-state index in [0.717, 1.165) is 4.47 Å². The summed E-state index contributed by atoms with van der Waals surface area (Å²) in [6.07, 6.45) is 0.574. The third kappa shape index (κ3) is 4.85. The van der Waals surface area contributed by atoms with Gasteiger partial charge >= 0.3 is 5.97 Å². The second kappa shape index (κ2) is 7.28. The zero-order chi connectivity index (χ0) is 15.3. The highest BCUT2D eigenvalue weighted by Gasteiger charge is 2.19. The van der Waals surface area contributed by atoms with Gasteiger partial charge in [0.25, 0.3) is 5.91 Å². The van der Waals surface area contributed by atoms with Crippen molar-refractivity contribution in [2.75, 3.05) is 11.9 Å². The Labute approximate surface area is 126 Å². The highest BCUT2D eigenvalue weighted by molar-refractivity contribution is 9.10. The number of nitrogens with one attached hydrogen (secondary N) is 1. The molecule has 1 amide bonds. The lowest BCUT2D eigenvalue weighted by Gasteiger charge is -2.17. The molecule has 20 heavy (non-hydrogen) atoms. The van der Waals surface area contributed by atoms with Crippen LogP contribution in [-0.4, -0.2) is 23.5 Å². The molecule has 5 nitrogen and oxygen atoms in total. The second-order valence-electron chi connectivity index (χ2n) is 5.10. The van der Waals surface area contributed by atoms with Gasteiger partial charge in [0.2, 0.25) is 0 Å². The van der Waals surface area contributed by atoms with E-state index in [-0.39, 0.29) is 6.54 Å². The third-order valence-electron chi connectivity index (χ3n) is 2.89. The van der Waals surface area contributed by atoms with E-state index in [4.69, 9.17) is 5.73 Å². The number of hydrogen-bond acceptors (Lipinski definition) is 3. The fraction of sp³-hybridized carbons (Fsp3) is 0.429. The number of carboxylic acids is 1. The number of rotatable bonds is 7. The Morgan fingerprint density at radius 2 is 2.05 bits per heavy atom. The van der Waals surface area contributed by atoms with Gasteiger partial charge in [-0.05, 0) is 30.5 Å². The molecule has 0 saturated carbocycles. The van der Waals surface area contributed by atoms with Crippen LogP contribution in [0.3, 0.4) is 0 Å². The Kier molecular flexibility index (Phi) is 6.01. The number of carboxylic acid groups (broad SMARTS) is 1. The molecule has 110 valence electrons. The normalized spacial score (nSPS) is 12.2. The van der Waals surface area contributed by atoms with Gasteiger partial charge in [-0.15, -0.1) is 0 Å². The van der Waals surface area contributed by atoms with Crippen molar-refractivity contribution >= 4 is 33.5 Å². The Morgan fingerprint density at radius 3 is 2.55 bits per heavy atom. The number of amides is 1. The Bertz CT molecular complexity index is 503. The number of nitrogens with two attached hydrogens (primary N) is 1. The SMILES string of the molecule is CC(C)CC(CNc1ccc(Br)cc1C(N)=O)C(=O)O. The van der Waals surface area contributed by atoms with Gasteiger partial charge in [-0.1, -0.05) is 29.8 Å². The summed E-state index contributed by atoms with van der Waals surface area (Å²) in [4.78, 5) is 22.6. The first kappa shape index (κ1) is 16.5. The quantitative estimate of drug-likeness (QED) is 0.710. The van der Waals surface area contributed by atoms with Crippen molar-refractivity contribution in [2.24, 2.45) is 17.6 Å². The van der Waals surface area contributed by atoms with Crippen molar-refractivity contribution < 1.29 is 14.7 Å². The number of halogens is 1. The summed E-state index contributed by atoms with van der Waals surface area (Å²) in [7, 11) is 0. The molecule has 0 heterocycles. The highest BCUT2D eigenvalue weighted by Crippen LogP contribution is 2.22. The average Bonchev–Trinajstić information content (AvgIpc) is 2.34. The maximum atomic E-state index is 11.4. The van der Waals surface area contributed by atoms with Gasteiger partial charge in [0.1, 0.15) is 0 Å². The van der Waals surface area contributed by atoms with Gasteiger partial charge < -0.3 is 16.2 Å². The maximum Gasteiger partial charge on any atom is 0.308 e. The number of primary amides is 1. The maximum absolute atomic E-state index is 11.4. The molecule has 6 heteroatoms. The van der Waals surface area contributed by atoms with Crippen LogP contribution in [0.1, 0.15) is 30.6 Å². The van der Waals surface area contributed by atoms with E-state index >= 15 is 0 Å². The molecule has 1 atom stereocenters. The molecule has 1 aromatic rings. The van der Waals surface area contributed by atoms with Crippen molar-refractivity contribution in [2.45, 2.75) is 20.3 Å². The van der Waals surface area contributed by atoms with Crippen LogP contribution in [0.25, 0.3) is 0 Å². The fourth-order valence-electron chi connectivity index (χ4n) is 1.95. The van der Waals surface area contributed by atoms with Crippen LogP contribution in [0.15, 0.2) is 22.7 Å². The average molecular weight is 343 g/mol. The van der Waals surface area contributed by atoms with Crippen LogP contribution in [0, 0.1) is 11.8 Å². The Balaban J connectivity index is 2.82. The van der Waals surface area contributed by atoms with Gasteiger partial charge in [0, 0.05) is 16.7 Å². The molecule has 1 rings (SSSR count). The number of hydrogen-bond donors (Lipinski definition) is 3. The molecule has 1 unspecified atom stereocenters. The molecule has 0 bridgehead atoms. The van der Waals surface area contributed by atoms with Crippen LogP contribution < -0.4 is 11.1 Å². The predicted molar refractivity (Wildman–Crippen MR) is 81.7 cm³/mol. The lowest BCUT2D eigenvalue weighted by Crippen LogP contribution is -2.25. The van der Waals surface area contributed by atoms with E-state index < -0.39 is 17.8 Å². The first-order valence-corrected chi connectivity index (χ1v) is 7.16. The van der Waals surface area contributed by atoms with Gasteiger partial charge in [0.15, 0.2) is 0 Å². The Morgan fingerprint density at radius 1 is 1.40 bits per heavy atom. The smallest absolute Gasteiger partial charge is 0.308 e. The van der Waals surface area contributed by atoms with Gasteiger partial charge in [-0.25, -0.2) is 0 Å². The third-order valence-corrected chi connectivity index (χ3v) is 3.38. The molecular weight excluding hydrogens is 324 g/mol. The van der Waals surface area contributed by atoms with Crippen LogP contribution in [0.5, 0.6) is 0 Å². The molecule has 4 N–H and O–H groups in total. The molecule has 0 radical (unpaired) electrons. The van der Waals surface area contributed by atoms with Crippen LogP contribution in [-0.2, 0) is 4.79 Å². The summed E-state index contributed by atoms with van der Waals surface area (Å²) in [5.74, 6) is -1.61. The van der Waals surface area contributed by atoms with Crippen LogP contribution in [0.2, 0.25) is 0 Å². The first-order chi connectivity index (χ1) is 9.31. The topological polar surface area (TPSA) is 92.4 Å². The predicted octanol–water partition coefficient (Wildman–Crippen LogP) is 2.71. The van der Waals surface area contributed by atoms with Crippen molar-refractivity contribution in [3.8, 4) is 0 Å². The lowest BCUT2D eigenvalue weighted by atomic mass is 9.97. The summed E-state index contributed by atoms with van der Waals surface area (Å²) in [5, 5.41) is 12.2. The van der Waals surface area contributed by atoms with E-state index in [2.05, 4.69) is 21.2 Å². The monoisotopic (exact) mass is 342 g/mol. The summed E-state index contributed by atoms with van der Waals surface area (Å²) in [5.41, 5.74) is 6.21. The standard InChI is InChI=1S/C14H19BrN2O3/c1-8(2)5-9(14(19)20)7-17-12-4-3-10(15)6-11(12)13(16)18/h3-4,6,8-9,17H,5,7H2,1-2H3,(H2,16,18)(H,19,20). The molecule has 0 aliphatic rings. The number of benzene rings is 1. The molecule has 0 aromatic heterocycles. The molecule has 0 saturated heterocycles. The number of carbonyl (C=O) groups excluding carboxylic acids is 1. The van der Waals surface area contributed by atoms with E-state index in [1.807, 2.05) is 13.8 Å². The molecule has 1 aromatic carbocycles. The lowest BCUT2D eigenvalue weighted by molar-refractivity contribution is -0.141. The number of anilines is 1. The summed E-state index contributed by atoms with van der Waals surface area (Å²) in [6.45, 7) is 4.21. The molecular formula is C14H19BrN2O3. The first-order valence-electron chi connectivity index (χ1n) is 6.37. The minimum Gasteiger partial charge on any atom is -0.481 e. The summed E-state index contributed by atoms with van der Waals surface area (Å²) >= 11 is 3.27. The minimum atomic E-state index is -0.844. The van der Waals surface area contributed by atoms with Gasteiger partial charge in [0.05, 0.1) is 11.5 Å². The highest BCUT2D eigenvalue weighted by atomic mass is 79.9. The zero-order valence-electron chi connectivity index (χ0n) is 11.5. The largest absolute Gasteiger partial charge is 0.481 e. The van der Waals surface area contributed by atoms with E-state index in [1.54, 1.807) is 18.2 Å². The molecule has 0 aliphatic carbocycles. The molecule has 0 aliphatic heterocycles. The van der Waals surface area contributed by atoms with Crippen LogP contribution >= 0.6 is 15.9 Å². The number of aliphatic carboxylic acids is 1. The minimum absolute atomic E-state index is 0.259. The zero-order valence-corrected chi connectivity index (χ0v) is 13.1. The van der Waals surface area contributed by atoms with Crippen molar-refractivity contribution in [1.82, 2.24) is 0 Å². The van der Waals surface area contributed by atoms with Gasteiger partial charge in [-0.2, -0.15) is 0 Å². The Hall–Kier alpha value is -1.56. The van der Waals surface area contributed by atoms with Crippen LogP contribution in [0.4, 0.5) is 5.69 Å². The second-order valence-corrected chi connectivity index (χ2v) is 6.02. The fourth-order valence-corrected chi connectivity index (χ4v) is 2.31. The van der Waals surface area contributed by atoms with E-state index in [1.165, 1.54) is 0 Å². The summed E-state index contributed by atoms with van der Waals surface area (Å²) < 4.78 is 0.744. The van der Waals surface area contributed by atoms with Crippen molar-refractivity contribution in [3.05, 3.63) is 28.2 Å². The van der Waals surface area contributed by atoms with Crippen molar-refractivity contribution in [1.29, 1.82) is 0 Å². The number of carbonyl (C=O) groups is 2. The van der Waals surface area contributed by atoms with Crippen molar-refractivity contribution in [3.63, 3.8) is 0 Å². The van der Waals surface area contributed by atoms with E-state index in [9.17, 15) is 14.7 Å². The molecule has 0 spiro atoms.